The molecule has 2 amide bonds. The lowest BCUT2D eigenvalue weighted by Crippen LogP contribution is -2.15. The Bertz CT molecular complexity index is 920. The summed E-state index contributed by atoms with van der Waals surface area (Å²) >= 11 is 3.37. The molecule has 0 unspecified atom stereocenters. The first-order valence-electron chi connectivity index (χ1n) is 7.55. The molecule has 2 N–H and O–H groups in total. The third kappa shape index (κ3) is 4.16. The van der Waals surface area contributed by atoms with Crippen LogP contribution in [0.25, 0.3) is 0 Å². The lowest BCUT2D eigenvalue weighted by Gasteiger charge is -2.10. The van der Waals surface area contributed by atoms with E-state index in [0.717, 1.165) is 10.0 Å². The fourth-order valence-corrected chi connectivity index (χ4v) is 2.66. The summed E-state index contributed by atoms with van der Waals surface area (Å²) in [5.74, 6) is -0.410. The molecule has 0 spiro atoms. The number of anilines is 2. The van der Waals surface area contributed by atoms with Crippen LogP contribution in [0.3, 0.4) is 0 Å². The van der Waals surface area contributed by atoms with Crippen molar-refractivity contribution in [3.63, 3.8) is 0 Å². The van der Waals surface area contributed by atoms with Crippen molar-refractivity contribution in [2.45, 2.75) is 6.92 Å². The minimum absolute atomic E-state index is 0.211. The Kier molecular flexibility index (Phi) is 5.00. The summed E-state index contributed by atoms with van der Waals surface area (Å²) in [4.78, 5) is 24.6. The molecule has 25 heavy (non-hydrogen) atoms. The first-order valence-corrected chi connectivity index (χ1v) is 8.34. The van der Waals surface area contributed by atoms with Gasteiger partial charge in [0.15, 0.2) is 5.76 Å². The van der Waals surface area contributed by atoms with Crippen molar-refractivity contribution in [3.8, 4) is 0 Å². The fourth-order valence-electron chi connectivity index (χ4n) is 2.26. The summed E-state index contributed by atoms with van der Waals surface area (Å²) in [5.41, 5.74) is 2.53. The molecule has 1 heterocycles. The number of hydrogen-bond donors (Lipinski definition) is 2. The number of aryl methyl sites for hydroxylation is 1. The van der Waals surface area contributed by atoms with Gasteiger partial charge in [-0.2, -0.15) is 0 Å². The van der Waals surface area contributed by atoms with Crippen LogP contribution in [-0.4, -0.2) is 11.8 Å². The molecule has 0 radical (unpaired) electrons. The van der Waals surface area contributed by atoms with Gasteiger partial charge in [-0.1, -0.05) is 28.1 Å². The Morgan fingerprint density at radius 3 is 2.52 bits per heavy atom. The molecule has 5 nitrogen and oxygen atoms in total. The Balaban J connectivity index is 1.78. The summed E-state index contributed by atoms with van der Waals surface area (Å²) in [6.45, 7) is 1.85. The predicted molar refractivity (Wildman–Crippen MR) is 99.9 cm³/mol. The van der Waals surface area contributed by atoms with E-state index >= 15 is 0 Å². The summed E-state index contributed by atoms with van der Waals surface area (Å²) < 4.78 is 5.96. The minimum atomic E-state index is -0.363. The third-order valence-corrected chi connectivity index (χ3v) is 4.07. The number of amides is 2. The highest BCUT2D eigenvalue weighted by molar-refractivity contribution is 9.10. The smallest absolute Gasteiger partial charge is 0.291 e. The van der Waals surface area contributed by atoms with E-state index in [0.29, 0.717) is 16.9 Å². The summed E-state index contributed by atoms with van der Waals surface area (Å²) in [6, 6.07) is 15.7. The number of hydrogen-bond acceptors (Lipinski definition) is 3. The average Bonchev–Trinajstić information content (AvgIpc) is 3.11. The SMILES string of the molecule is Cc1ccc(C(=O)Nc2cccc(Br)c2)cc1NC(=O)c1ccco1. The zero-order valence-corrected chi connectivity index (χ0v) is 15.0. The van der Waals surface area contributed by atoms with Crippen molar-refractivity contribution in [1.29, 1.82) is 0 Å². The predicted octanol–water partition coefficient (Wildman–Crippen LogP) is 4.86. The molecule has 0 fully saturated rings. The van der Waals surface area contributed by atoms with E-state index in [4.69, 9.17) is 4.42 Å². The molecule has 3 aromatic rings. The molecule has 0 saturated carbocycles. The molecule has 0 aliphatic carbocycles. The monoisotopic (exact) mass is 398 g/mol. The maximum atomic E-state index is 12.4. The van der Waals surface area contributed by atoms with Gasteiger partial charge in [-0.25, -0.2) is 0 Å². The number of benzene rings is 2. The molecule has 0 bridgehead atoms. The Hall–Kier alpha value is -2.86. The standard InChI is InChI=1S/C19H15BrN2O3/c1-12-7-8-13(18(23)21-15-5-2-4-14(20)11-15)10-16(12)22-19(24)17-6-3-9-25-17/h2-11H,1H3,(H,21,23)(H,22,24). The maximum absolute atomic E-state index is 12.4. The van der Waals surface area contributed by atoms with Crippen molar-refractivity contribution < 1.29 is 14.0 Å². The number of furan rings is 1. The number of halogens is 1. The molecule has 6 heteroatoms. The van der Waals surface area contributed by atoms with Crippen LogP contribution in [0.1, 0.15) is 26.5 Å². The van der Waals surface area contributed by atoms with Gasteiger partial charge in [-0.3, -0.25) is 9.59 Å². The second kappa shape index (κ2) is 7.36. The first kappa shape index (κ1) is 17.0. The molecule has 2 aromatic carbocycles. The maximum Gasteiger partial charge on any atom is 0.291 e. The summed E-state index contributed by atoms with van der Waals surface area (Å²) in [7, 11) is 0. The number of rotatable bonds is 4. The second-order valence-electron chi connectivity index (χ2n) is 5.43. The van der Waals surface area contributed by atoms with Gasteiger partial charge in [0.1, 0.15) is 0 Å². The van der Waals surface area contributed by atoms with Crippen molar-refractivity contribution in [3.05, 3.63) is 82.2 Å². The first-order chi connectivity index (χ1) is 12.0. The van der Waals surface area contributed by atoms with Gasteiger partial charge in [0, 0.05) is 21.4 Å². The number of carbonyl (C=O) groups excluding carboxylic acids is 2. The van der Waals surface area contributed by atoms with E-state index in [-0.39, 0.29) is 17.6 Å². The van der Waals surface area contributed by atoms with Crippen LogP contribution in [0, 0.1) is 6.92 Å². The van der Waals surface area contributed by atoms with Crippen LogP contribution < -0.4 is 10.6 Å². The normalized spacial score (nSPS) is 10.3. The van der Waals surface area contributed by atoms with Gasteiger partial charge in [-0.15, -0.1) is 0 Å². The van der Waals surface area contributed by atoms with E-state index in [1.807, 2.05) is 25.1 Å². The van der Waals surface area contributed by atoms with E-state index in [9.17, 15) is 9.59 Å². The molecule has 3 rings (SSSR count). The minimum Gasteiger partial charge on any atom is -0.459 e. The van der Waals surface area contributed by atoms with Crippen molar-refractivity contribution in [2.75, 3.05) is 10.6 Å². The molecule has 0 aliphatic heterocycles. The topological polar surface area (TPSA) is 71.3 Å². The van der Waals surface area contributed by atoms with Crippen LogP contribution in [0.4, 0.5) is 11.4 Å². The molecule has 1 aromatic heterocycles. The van der Waals surface area contributed by atoms with Gasteiger partial charge in [0.25, 0.3) is 11.8 Å². The average molecular weight is 399 g/mol. The summed E-state index contributed by atoms with van der Waals surface area (Å²) in [5, 5.41) is 5.59. The van der Waals surface area contributed by atoms with Gasteiger partial charge in [0.2, 0.25) is 0 Å². The van der Waals surface area contributed by atoms with Crippen LogP contribution in [0.2, 0.25) is 0 Å². The van der Waals surface area contributed by atoms with Gasteiger partial charge < -0.3 is 15.1 Å². The molecule has 0 aliphatic rings. The van der Waals surface area contributed by atoms with Crippen molar-refractivity contribution >= 4 is 39.1 Å². The third-order valence-electron chi connectivity index (χ3n) is 3.58. The highest BCUT2D eigenvalue weighted by Gasteiger charge is 2.13. The second-order valence-corrected chi connectivity index (χ2v) is 6.34. The fraction of sp³-hybridized carbons (Fsp3) is 0.0526. The Labute approximate surface area is 153 Å². The highest BCUT2D eigenvalue weighted by Crippen LogP contribution is 2.20. The lowest BCUT2D eigenvalue weighted by atomic mass is 10.1. The molecule has 126 valence electrons. The van der Waals surface area contributed by atoms with Crippen LogP contribution in [0.5, 0.6) is 0 Å². The quantitative estimate of drug-likeness (QED) is 0.659. The van der Waals surface area contributed by atoms with Crippen molar-refractivity contribution in [1.82, 2.24) is 0 Å². The van der Waals surface area contributed by atoms with Crippen molar-refractivity contribution in [2.24, 2.45) is 0 Å². The zero-order valence-electron chi connectivity index (χ0n) is 13.4. The lowest BCUT2D eigenvalue weighted by molar-refractivity contribution is 0.0993. The number of nitrogens with one attached hydrogen (secondary N) is 2. The van der Waals surface area contributed by atoms with E-state index < -0.39 is 0 Å². The van der Waals surface area contributed by atoms with Crippen LogP contribution in [-0.2, 0) is 0 Å². The van der Waals surface area contributed by atoms with Gasteiger partial charge >= 0.3 is 0 Å². The Morgan fingerprint density at radius 1 is 0.960 bits per heavy atom. The largest absolute Gasteiger partial charge is 0.459 e. The van der Waals surface area contributed by atoms with Gasteiger partial charge in [0.05, 0.1) is 6.26 Å². The molecular formula is C19H15BrN2O3. The zero-order chi connectivity index (χ0) is 17.8. The highest BCUT2D eigenvalue weighted by atomic mass is 79.9. The van der Waals surface area contributed by atoms with E-state index in [1.54, 1.807) is 36.4 Å². The van der Waals surface area contributed by atoms with Crippen LogP contribution >= 0.6 is 15.9 Å². The number of carbonyl (C=O) groups is 2. The molecular weight excluding hydrogens is 384 g/mol. The molecule has 0 atom stereocenters. The Morgan fingerprint density at radius 2 is 1.80 bits per heavy atom. The van der Waals surface area contributed by atoms with E-state index in [2.05, 4.69) is 26.6 Å². The molecule has 0 saturated heterocycles. The summed E-state index contributed by atoms with van der Waals surface area (Å²) in [6.07, 6.45) is 1.43. The van der Waals surface area contributed by atoms with E-state index in [1.165, 1.54) is 6.26 Å². The van der Waals surface area contributed by atoms with Gasteiger partial charge in [-0.05, 0) is 55.0 Å². The van der Waals surface area contributed by atoms with Crippen LogP contribution in [0.15, 0.2) is 69.8 Å².